The molecule has 2 amide bonds. The van der Waals surface area contributed by atoms with Gasteiger partial charge in [-0.3, -0.25) is 0 Å². The van der Waals surface area contributed by atoms with Gasteiger partial charge in [0.15, 0.2) is 0 Å². The average molecular weight is 242 g/mol. The van der Waals surface area contributed by atoms with Crippen molar-refractivity contribution in [2.75, 3.05) is 0 Å². The third-order valence-electron chi connectivity index (χ3n) is 3.84. The molecule has 17 heavy (non-hydrogen) atoms. The minimum Gasteiger partial charge on any atom is -0.480 e. The maximum absolute atomic E-state index is 11.8. The molecule has 98 valence electrons. The standard InChI is InChI=1S/C12H22N2O3/c1-4-12(5-2,9(15)16)14-10(17)13-11(3)7-6-8-11/h4-8H2,1-3H3,(H,15,16)(H2,13,14,17). The van der Waals surface area contributed by atoms with Gasteiger partial charge in [0, 0.05) is 5.54 Å². The second-order valence-electron chi connectivity index (χ2n) is 5.09. The number of hydrogen-bond acceptors (Lipinski definition) is 2. The van der Waals surface area contributed by atoms with Gasteiger partial charge < -0.3 is 15.7 Å². The zero-order valence-electron chi connectivity index (χ0n) is 10.8. The SMILES string of the molecule is CCC(CC)(NC(=O)NC1(C)CCC1)C(=O)O. The van der Waals surface area contributed by atoms with Crippen molar-refractivity contribution < 1.29 is 14.7 Å². The maximum atomic E-state index is 11.8. The van der Waals surface area contributed by atoms with Gasteiger partial charge in [-0.1, -0.05) is 13.8 Å². The highest BCUT2D eigenvalue weighted by Gasteiger charge is 2.39. The van der Waals surface area contributed by atoms with Crippen molar-refractivity contribution in [3.05, 3.63) is 0 Å². The van der Waals surface area contributed by atoms with Gasteiger partial charge in [-0.2, -0.15) is 0 Å². The third-order valence-corrected chi connectivity index (χ3v) is 3.84. The van der Waals surface area contributed by atoms with Gasteiger partial charge in [0.25, 0.3) is 0 Å². The molecule has 0 saturated heterocycles. The molecular weight excluding hydrogens is 220 g/mol. The van der Waals surface area contributed by atoms with Gasteiger partial charge in [-0.25, -0.2) is 9.59 Å². The Morgan fingerprint density at radius 2 is 1.82 bits per heavy atom. The number of amides is 2. The topological polar surface area (TPSA) is 78.4 Å². The number of rotatable bonds is 5. The molecule has 5 nitrogen and oxygen atoms in total. The van der Waals surface area contributed by atoms with Crippen LogP contribution in [0.2, 0.25) is 0 Å². The van der Waals surface area contributed by atoms with Gasteiger partial charge in [0.05, 0.1) is 0 Å². The molecule has 0 unspecified atom stereocenters. The second-order valence-corrected chi connectivity index (χ2v) is 5.09. The Morgan fingerprint density at radius 3 is 2.12 bits per heavy atom. The smallest absolute Gasteiger partial charge is 0.329 e. The first-order valence-corrected chi connectivity index (χ1v) is 6.21. The minimum absolute atomic E-state index is 0.157. The van der Waals surface area contributed by atoms with Crippen LogP contribution in [0.4, 0.5) is 4.79 Å². The van der Waals surface area contributed by atoms with Crippen LogP contribution in [0, 0.1) is 0 Å². The molecule has 1 aliphatic carbocycles. The fourth-order valence-corrected chi connectivity index (χ4v) is 2.14. The highest BCUT2D eigenvalue weighted by atomic mass is 16.4. The van der Waals surface area contributed by atoms with Crippen LogP contribution in [0.25, 0.3) is 0 Å². The molecule has 3 N–H and O–H groups in total. The molecule has 0 aromatic carbocycles. The molecule has 0 atom stereocenters. The summed E-state index contributed by atoms with van der Waals surface area (Å²) >= 11 is 0. The Balaban J connectivity index is 2.61. The molecule has 0 aromatic rings. The number of hydrogen-bond donors (Lipinski definition) is 3. The molecule has 5 heteroatoms. The van der Waals surface area contributed by atoms with Crippen LogP contribution in [-0.4, -0.2) is 28.2 Å². The predicted octanol–water partition coefficient (Wildman–Crippen LogP) is 1.87. The van der Waals surface area contributed by atoms with Gasteiger partial charge in [-0.05, 0) is 39.0 Å². The maximum Gasteiger partial charge on any atom is 0.329 e. The fourth-order valence-electron chi connectivity index (χ4n) is 2.14. The lowest BCUT2D eigenvalue weighted by atomic mass is 9.79. The van der Waals surface area contributed by atoms with Crippen LogP contribution in [0.5, 0.6) is 0 Å². The molecular formula is C12H22N2O3. The van der Waals surface area contributed by atoms with E-state index in [4.69, 9.17) is 0 Å². The largest absolute Gasteiger partial charge is 0.480 e. The quantitative estimate of drug-likeness (QED) is 0.688. The Bertz CT molecular complexity index is 307. The summed E-state index contributed by atoms with van der Waals surface area (Å²) in [7, 11) is 0. The summed E-state index contributed by atoms with van der Waals surface area (Å²) in [5.74, 6) is -0.976. The molecule has 0 aromatic heterocycles. The summed E-state index contributed by atoms with van der Waals surface area (Å²) in [4.78, 5) is 23.0. The van der Waals surface area contributed by atoms with Gasteiger partial charge in [0.1, 0.15) is 5.54 Å². The minimum atomic E-state index is -1.15. The van der Waals surface area contributed by atoms with Gasteiger partial charge in [-0.15, -0.1) is 0 Å². The van der Waals surface area contributed by atoms with Crippen molar-refractivity contribution in [3.63, 3.8) is 0 Å². The van der Waals surface area contributed by atoms with E-state index in [1.165, 1.54) is 0 Å². The van der Waals surface area contributed by atoms with Crippen molar-refractivity contribution in [1.29, 1.82) is 0 Å². The number of carboxylic acid groups (broad SMARTS) is 1. The Kier molecular flexibility index (Phi) is 4.01. The van der Waals surface area contributed by atoms with E-state index in [-0.39, 0.29) is 11.6 Å². The van der Waals surface area contributed by atoms with Gasteiger partial charge >= 0.3 is 12.0 Å². The Morgan fingerprint density at radius 1 is 1.29 bits per heavy atom. The van der Waals surface area contributed by atoms with Crippen LogP contribution in [-0.2, 0) is 4.79 Å². The first kappa shape index (κ1) is 13.8. The van der Waals surface area contributed by atoms with Crippen LogP contribution >= 0.6 is 0 Å². The van der Waals surface area contributed by atoms with Crippen LogP contribution in [0.15, 0.2) is 0 Å². The summed E-state index contributed by atoms with van der Waals surface area (Å²) in [5.41, 5.74) is -1.31. The number of nitrogens with one attached hydrogen (secondary N) is 2. The van der Waals surface area contributed by atoms with Crippen molar-refractivity contribution in [2.24, 2.45) is 0 Å². The molecule has 1 rings (SSSR count). The van der Waals surface area contributed by atoms with E-state index in [2.05, 4.69) is 10.6 Å². The third kappa shape index (κ3) is 2.90. The molecule has 0 spiro atoms. The highest BCUT2D eigenvalue weighted by molar-refractivity contribution is 5.86. The number of carbonyl (C=O) groups excluding carboxylic acids is 1. The van der Waals surface area contributed by atoms with Crippen molar-refractivity contribution in [3.8, 4) is 0 Å². The molecule has 0 aliphatic heterocycles. The highest BCUT2D eigenvalue weighted by Crippen LogP contribution is 2.30. The first-order valence-electron chi connectivity index (χ1n) is 6.21. The second kappa shape index (κ2) is 4.94. The molecule has 0 heterocycles. The predicted molar refractivity (Wildman–Crippen MR) is 64.9 cm³/mol. The Labute approximate surface area is 102 Å². The summed E-state index contributed by atoms with van der Waals surface area (Å²) < 4.78 is 0. The number of aliphatic carboxylic acids is 1. The molecule has 0 radical (unpaired) electrons. The molecule has 1 aliphatic rings. The van der Waals surface area contributed by atoms with E-state index >= 15 is 0 Å². The number of carbonyl (C=O) groups is 2. The molecule has 0 bridgehead atoms. The van der Waals surface area contributed by atoms with E-state index in [9.17, 15) is 14.7 Å². The van der Waals surface area contributed by atoms with Crippen molar-refractivity contribution >= 4 is 12.0 Å². The first-order chi connectivity index (χ1) is 7.87. The average Bonchev–Trinajstić information content (AvgIpc) is 2.23. The Hall–Kier alpha value is -1.26. The summed E-state index contributed by atoms with van der Waals surface area (Å²) in [6, 6.07) is -0.377. The van der Waals surface area contributed by atoms with E-state index < -0.39 is 11.5 Å². The van der Waals surface area contributed by atoms with E-state index in [0.29, 0.717) is 12.8 Å². The summed E-state index contributed by atoms with van der Waals surface area (Å²) in [6.45, 7) is 5.52. The van der Waals surface area contributed by atoms with Crippen LogP contribution < -0.4 is 10.6 Å². The van der Waals surface area contributed by atoms with E-state index in [1.54, 1.807) is 13.8 Å². The summed E-state index contributed by atoms with van der Waals surface area (Å²) in [6.07, 6.45) is 3.78. The lowest BCUT2D eigenvalue weighted by molar-refractivity contribution is -0.144. The molecule has 1 saturated carbocycles. The van der Waals surface area contributed by atoms with E-state index in [0.717, 1.165) is 19.3 Å². The zero-order valence-corrected chi connectivity index (χ0v) is 10.8. The fraction of sp³-hybridized carbons (Fsp3) is 0.833. The van der Waals surface area contributed by atoms with E-state index in [1.807, 2.05) is 6.92 Å². The monoisotopic (exact) mass is 242 g/mol. The molecule has 1 fully saturated rings. The van der Waals surface area contributed by atoms with Gasteiger partial charge in [0.2, 0.25) is 0 Å². The normalized spacial score (nSPS) is 18.1. The summed E-state index contributed by atoms with van der Waals surface area (Å²) in [5, 5.41) is 14.7. The zero-order chi connectivity index (χ0) is 13.1. The lowest BCUT2D eigenvalue weighted by Gasteiger charge is -2.40. The van der Waals surface area contributed by atoms with Crippen LogP contribution in [0.3, 0.4) is 0 Å². The van der Waals surface area contributed by atoms with Crippen LogP contribution in [0.1, 0.15) is 52.9 Å². The number of urea groups is 1. The lowest BCUT2D eigenvalue weighted by Crippen LogP contribution is -2.61. The van der Waals surface area contributed by atoms with Crippen molar-refractivity contribution in [1.82, 2.24) is 10.6 Å². The number of carboxylic acids is 1. The van der Waals surface area contributed by atoms with Crippen molar-refractivity contribution in [2.45, 2.75) is 64.0 Å².